The first-order valence-electron chi connectivity index (χ1n) is 5.33. The van der Waals surface area contributed by atoms with Gasteiger partial charge in [-0.1, -0.05) is 0 Å². The third-order valence-electron chi connectivity index (χ3n) is 3.25. The Morgan fingerprint density at radius 2 is 2.20 bits per heavy atom. The summed E-state index contributed by atoms with van der Waals surface area (Å²) in [6.45, 7) is 2.22. The Labute approximate surface area is 87.9 Å². The van der Waals surface area contributed by atoms with Gasteiger partial charge in [0.05, 0.1) is 19.2 Å². The van der Waals surface area contributed by atoms with Crippen LogP contribution in [0.2, 0.25) is 0 Å². The minimum absolute atomic E-state index is 0.414. The molecule has 1 aliphatic heterocycles. The molecule has 1 saturated carbocycles. The van der Waals surface area contributed by atoms with E-state index >= 15 is 0 Å². The Morgan fingerprint density at radius 1 is 1.47 bits per heavy atom. The van der Waals surface area contributed by atoms with E-state index in [9.17, 15) is 5.11 Å². The molecule has 15 heavy (non-hydrogen) atoms. The third kappa shape index (κ3) is 1.63. The van der Waals surface area contributed by atoms with Crippen LogP contribution >= 0.6 is 0 Å². The molecule has 1 aromatic rings. The molecule has 3 rings (SSSR count). The lowest BCUT2D eigenvalue weighted by atomic mass is 9.89. The predicted molar refractivity (Wildman–Crippen MR) is 51.7 cm³/mol. The van der Waals surface area contributed by atoms with Crippen molar-refractivity contribution in [2.24, 2.45) is 13.0 Å². The van der Waals surface area contributed by atoms with Gasteiger partial charge in [0.1, 0.15) is 0 Å². The Hall–Kier alpha value is -1.01. The Balaban J connectivity index is 1.55. The molecule has 6 heteroatoms. The first-order chi connectivity index (χ1) is 7.16. The fourth-order valence-corrected chi connectivity index (χ4v) is 2.31. The lowest BCUT2D eigenvalue weighted by Crippen LogP contribution is -2.62. The van der Waals surface area contributed by atoms with Crippen LogP contribution in [-0.4, -0.2) is 48.9 Å². The molecule has 2 fully saturated rings. The highest BCUT2D eigenvalue weighted by Crippen LogP contribution is 2.44. The van der Waals surface area contributed by atoms with Gasteiger partial charge in [-0.05, 0) is 24.0 Å². The van der Waals surface area contributed by atoms with Gasteiger partial charge >= 0.3 is 0 Å². The molecule has 82 valence electrons. The Kier molecular flexibility index (Phi) is 1.84. The van der Waals surface area contributed by atoms with Gasteiger partial charge < -0.3 is 5.11 Å². The second-order valence-electron chi connectivity index (χ2n) is 4.72. The predicted octanol–water partition coefficient (Wildman–Crippen LogP) is -0.833. The Bertz CT molecular complexity index is 366. The van der Waals surface area contributed by atoms with E-state index in [2.05, 4.69) is 20.3 Å². The van der Waals surface area contributed by atoms with Crippen LogP contribution in [0.15, 0.2) is 0 Å². The van der Waals surface area contributed by atoms with Crippen molar-refractivity contribution in [2.45, 2.75) is 25.0 Å². The molecular weight excluding hydrogens is 194 g/mol. The van der Waals surface area contributed by atoms with Gasteiger partial charge in [0.2, 0.25) is 0 Å². The second-order valence-corrected chi connectivity index (χ2v) is 4.72. The zero-order chi connectivity index (χ0) is 10.5. The van der Waals surface area contributed by atoms with Gasteiger partial charge in [-0.2, -0.15) is 4.80 Å². The highest BCUT2D eigenvalue weighted by Gasteiger charge is 2.51. The van der Waals surface area contributed by atoms with Crippen LogP contribution in [0.5, 0.6) is 0 Å². The van der Waals surface area contributed by atoms with Crippen molar-refractivity contribution in [1.82, 2.24) is 25.1 Å². The monoisotopic (exact) mass is 209 g/mol. The fourth-order valence-electron chi connectivity index (χ4n) is 2.31. The molecule has 2 aliphatic rings. The normalized spacial score (nSPS) is 25.2. The molecule has 2 heterocycles. The summed E-state index contributed by atoms with van der Waals surface area (Å²) in [6.07, 6.45) is 2.38. The maximum absolute atomic E-state index is 10.1. The number of rotatable bonds is 3. The topological polar surface area (TPSA) is 67.1 Å². The molecule has 0 amide bonds. The quantitative estimate of drug-likeness (QED) is 0.703. The van der Waals surface area contributed by atoms with E-state index < -0.39 is 5.60 Å². The number of likely N-dealkylation sites (tertiary alicyclic amines) is 1. The minimum atomic E-state index is -0.414. The number of aliphatic hydroxyl groups is 1. The summed E-state index contributed by atoms with van der Waals surface area (Å²) >= 11 is 0. The van der Waals surface area contributed by atoms with Crippen LogP contribution in [0.25, 0.3) is 0 Å². The van der Waals surface area contributed by atoms with Crippen molar-refractivity contribution in [3.05, 3.63) is 5.82 Å². The molecule has 1 aliphatic carbocycles. The summed E-state index contributed by atoms with van der Waals surface area (Å²) in [6, 6.07) is 0. The highest BCUT2D eigenvalue weighted by molar-refractivity contribution is 5.05. The number of hydrogen-bond donors (Lipinski definition) is 1. The average molecular weight is 209 g/mol. The lowest BCUT2D eigenvalue weighted by Gasteiger charge is -2.46. The van der Waals surface area contributed by atoms with Crippen LogP contribution in [0.3, 0.4) is 0 Å². The van der Waals surface area contributed by atoms with Crippen LogP contribution < -0.4 is 0 Å². The summed E-state index contributed by atoms with van der Waals surface area (Å²) in [4.78, 5) is 3.62. The van der Waals surface area contributed by atoms with Gasteiger partial charge in [0, 0.05) is 13.1 Å². The van der Waals surface area contributed by atoms with Gasteiger partial charge in [0.15, 0.2) is 5.82 Å². The zero-order valence-electron chi connectivity index (χ0n) is 8.80. The van der Waals surface area contributed by atoms with Crippen LogP contribution in [-0.2, 0) is 13.6 Å². The van der Waals surface area contributed by atoms with E-state index in [4.69, 9.17) is 0 Å². The molecule has 1 N–H and O–H groups in total. The molecule has 0 atom stereocenters. The molecule has 1 aromatic heterocycles. The van der Waals surface area contributed by atoms with Crippen LogP contribution in [0, 0.1) is 5.92 Å². The summed E-state index contributed by atoms with van der Waals surface area (Å²) in [5.41, 5.74) is -0.414. The van der Waals surface area contributed by atoms with Crippen molar-refractivity contribution < 1.29 is 5.11 Å². The first-order valence-corrected chi connectivity index (χ1v) is 5.33. The van der Waals surface area contributed by atoms with Gasteiger partial charge in [-0.15, -0.1) is 10.2 Å². The van der Waals surface area contributed by atoms with E-state index in [1.165, 1.54) is 17.6 Å². The second kappa shape index (κ2) is 2.99. The number of aromatic nitrogens is 4. The minimum Gasteiger partial charge on any atom is -0.387 e. The molecule has 0 spiro atoms. The lowest BCUT2D eigenvalue weighted by molar-refractivity contribution is -0.117. The van der Waals surface area contributed by atoms with Crippen molar-refractivity contribution >= 4 is 0 Å². The van der Waals surface area contributed by atoms with Crippen LogP contribution in [0.4, 0.5) is 0 Å². The number of aryl methyl sites for hydroxylation is 1. The molecule has 0 radical (unpaired) electrons. The van der Waals surface area contributed by atoms with E-state index in [-0.39, 0.29) is 0 Å². The van der Waals surface area contributed by atoms with Gasteiger partial charge in [0.25, 0.3) is 0 Å². The highest BCUT2D eigenvalue weighted by atomic mass is 16.3. The van der Waals surface area contributed by atoms with E-state index in [0.29, 0.717) is 12.5 Å². The first kappa shape index (κ1) is 9.23. The number of β-amino-alcohol motifs (C(OH)–C–C–N with tert-alkyl or cyclic N) is 1. The molecule has 0 bridgehead atoms. The number of hydrogen-bond acceptors (Lipinski definition) is 5. The van der Waals surface area contributed by atoms with E-state index in [1.54, 1.807) is 7.05 Å². The molecule has 0 unspecified atom stereocenters. The smallest absolute Gasteiger partial charge is 0.188 e. The molecule has 6 nitrogen and oxygen atoms in total. The van der Waals surface area contributed by atoms with Crippen molar-refractivity contribution in [3.8, 4) is 0 Å². The largest absolute Gasteiger partial charge is 0.387 e. The maximum Gasteiger partial charge on any atom is 0.188 e. The van der Waals surface area contributed by atoms with E-state index in [1.807, 2.05) is 0 Å². The summed E-state index contributed by atoms with van der Waals surface area (Å²) in [5.74, 6) is 1.28. The van der Waals surface area contributed by atoms with Crippen molar-refractivity contribution in [2.75, 3.05) is 13.1 Å². The van der Waals surface area contributed by atoms with Crippen molar-refractivity contribution in [3.63, 3.8) is 0 Å². The van der Waals surface area contributed by atoms with Crippen LogP contribution in [0.1, 0.15) is 18.7 Å². The number of nitrogens with zero attached hydrogens (tertiary/aromatic N) is 5. The van der Waals surface area contributed by atoms with Gasteiger partial charge in [-0.3, -0.25) is 4.90 Å². The number of tetrazole rings is 1. The zero-order valence-corrected chi connectivity index (χ0v) is 8.80. The van der Waals surface area contributed by atoms with Crippen molar-refractivity contribution in [1.29, 1.82) is 0 Å². The SMILES string of the molecule is Cn1nnc(CN2CC(O)(C3CC3)C2)n1. The maximum atomic E-state index is 10.1. The average Bonchev–Trinajstić information content (AvgIpc) is 2.90. The summed E-state index contributed by atoms with van der Waals surface area (Å²) < 4.78 is 0. The fraction of sp³-hybridized carbons (Fsp3) is 0.889. The van der Waals surface area contributed by atoms with Gasteiger partial charge in [-0.25, -0.2) is 0 Å². The molecule has 1 saturated heterocycles. The summed E-state index contributed by atoms with van der Waals surface area (Å²) in [7, 11) is 1.76. The third-order valence-corrected chi connectivity index (χ3v) is 3.25. The van der Waals surface area contributed by atoms with E-state index in [0.717, 1.165) is 18.9 Å². The molecular formula is C9H15N5O. The standard InChI is InChI=1S/C9H15N5O/c1-13-11-8(10-12-13)4-14-5-9(15,6-14)7-2-3-7/h7,15H,2-6H2,1H3. The Morgan fingerprint density at radius 3 is 2.73 bits per heavy atom. The summed E-state index contributed by atoms with van der Waals surface area (Å²) in [5, 5.41) is 21.9. The molecule has 0 aromatic carbocycles.